The molecule has 0 spiro atoms. The van der Waals surface area contributed by atoms with E-state index in [4.69, 9.17) is 15.3 Å². The Morgan fingerprint density at radius 3 is 1.55 bits per heavy atom. The van der Waals surface area contributed by atoms with E-state index in [1.807, 2.05) is 12.5 Å². The third kappa shape index (κ3) is 24.0. The van der Waals surface area contributed by atoms with Gasteiger partial charge in [-0.05, 0) is 43.3 Å². The van der Waals surface area contributed by atoms with Gasteiger partial charge >= 0.3 is 5.97 Å². The van der Waals surface area contributed by atoms with Crippen LogP contribution in [-0.4, -0.2) is 98.5 Å². The predicted octanol–water partition coefficient (Wildman–Crippen LogP) is 1.45. The summed E-state index contributed by atoms with van der Waals surface area (Å²) in [5.74, 6) is 1.26. The van der Waals surface area contributed by atoms with Crippen molar-refractivity contribution in [3.63, 3.8) is 0 Å². The second-order valence-corrected chi connectivity index (χ2v) is 9.87. The van der Waals surface area contributed by atoms with Crippen molar-refractivity contribution < 1.29 is 38.6 Å². The molecule has 0 aliphatic carbocycles. The van der Waals surface area contributed by atoms with Gasteiger partial charge in [-0.15, -0.1) is 0 Å². The van der Waals surface area contributed by atoms with Gasteiger partial charge in [0.05, 0.1) is 7.11 Å². The molecule has 0 rings (SSSR count). The number of hydrogen-bond donors (Lipinski definition) is 3. The predicted molar refractivity (Wildman–Crippen MR) is 130 cm³/mol. The molecule has 0 aromatic heterocycles. The molecule has 31 heavy (non-hydrogen) atoms. The van der Waals surface area contributed by atoms with Gasteiger partial charge in [-0.25, -0.2) is 4.79 Å². The molecule has 0 aromatic carbocycles. The summed E-state index contributed by atoms with van der Waals surface area (Å²) < 4.78 is 14.9. The summed E-state index contributed by atoms with van der Waals surface area (Å²) in [5, 5.41) is 27.1. The first-order chi connectivity index (χ1) is 14.5. The number of ketones is 2. The number of rotatable bonds is 14. The van der Waals surface area contributed by atoms with E-state index in [1.165, 1.54) is 7.11 Å². The monoisotopic (exact) mass is 504 g/mol. The van der Waals surface area contributed by atoms with E-state index < -0.39 is 35.1 Å². The zero-order chi connectivity index (χ0) is 24.8. The first-order valence-corrected chi connectivity index (χ1v) is 14.5. The van der Waals surface area contributed by atoms with Crippen LogP contribution in [0.2, 0.25) is 0 Å². The zero-order valence-corrected chi connectivity index (χ0v) is 21.9. The lowest BCUT2D eigenvalue weighted by molar-refractivity contribution is -0.150. The quantitative estimate of drug-likeness (QED) is 0.298. The minimum absolute atomic E-state index is 0.0472. The SMILES string of the molecule is CCC(=O)C(O)CCS(C)=O.CCC(=O)C(O)CCSC.COC(=O)C(O)CCSC. The smallest absolute Gasteiger partial charge is 0.334 e. The van der Waals surface area contributed by atoms with Crippen LogP contribution in [-0.2, 0) is 29.9 Å². The van der Waals surface area contributed by atoms with Crippen LogP contribution in [0.1, 0.15) is 46.0 Å². The van der Waals surface area contributed by atoms with Crippen LogP contribution in [0.3, 0.4) is 0 Å². The second kappa shape index (κ2) is 24.2. The van der Waals surface area contributed by atoms with E-state index in [9.17, 15) is 18.6 Å². The Bertz CT molecular complexity index is 477. The molecule has 0 aromatic rings. The number of thioether (sulfide) groups is 2. The maximum atomic E-state index is 10.8. The molecule has 4 atom stereocenters. The highest BCUT2D eigenvalue weighted by atomic mass is 32.2. The standard InChI is InChI=1S/C7H14O3S.C7H14O2S.C6H12O3S/c1-3-6(8)7(9)4-5-11(2)10;1-3-6(8)7(9)4-5-10-2;1-9-6(8)5(7)3-4-10-2/h7,9H,3-5H2,1-2H3;7,9H,3-5H2,1-2H3;5,7H,3-4H2,1-2H3. The number of methoxy groups -OCH3 is 1. The minimum Gasteiger partial charge on any atom is -0.467 e. The van der Waals surface area contributed by atoms with Crippen LogP contribution >= 0.6 is 23.5 Å². The number of hydrogen-bond acceptors (Lipinski definition) is 10. The highest BCUT2D eigenvalue weighted by molar-refractivity contribution is 7.98. The number of esters is 1. The van der Waals surface area contributed by atoms with Gasteiger partial charge in [0.1, 0.15) is 12.2 Å². The van der Waals surface area contributed by atoms with E-state index in [0.717, 1.165) is 11.5 Å². The molecular formula is C20H40O8S3. The van der Waals surface area contributed by atoms with E-state index in [0.29, 0.717) is 37.9 Å². The molecule has 11 heteroatoms. The molecule has 0 heterocycles. The minimum atomic E-state index is -0.947. The number of carbonyl (C=O) groups is 3. The summed E-state index contributed by atoms with van der Waals surface area (Å²) in [6, 6.07) is 0. The lowest BCUT2D eigenvalue weighted by Gasteiger charge is -2.05. The van der Waals surface area contributed by atoms with Gasteiger partial charge < -0.3 is 20.1 Å². The van der Waals surface area contributed by atoms with Crippen molar-refractivity contribution >= 4 is 51.9 Å². The van der Waals surface area contributed by atoms with Crippen molar-refractivity contribution in [1.29, 1.82) is 0 Å². The van der Waals surface area contributed by atoms with Crippen LogP contribution in [0.5, 0.6) is 0 Å². The second-order valence-electron chi connectivity index (χ2n) is 6.34. The van der Waals surface area contributed by atoms with Crippen molar-refractivity contribution in [2.45, 2.75) is 64.3 Å². The summed E-state index contributed by atoms with van der Waals surface area (Å²) in [6.45, 7) is 3.47. The fourth-order valence-corrected chi connectivity index (χ4v) is 3.26. The molecule has 0 saturated carbocycles. The topological polar surface area (TPSA) is 138 Å². The van der Waals surface area contributed by atoms with Crippen LogP contribution in [0.15, 0.2) is 0 Å². The molecule has 0 bridgehead atoms. The maximum Gasteiger partial charge on any atom is 0.334 e. The van der Waals surface area contributed by atoms with Crippen molar-refractivity contribution in [2.75, 3.05) is 43.1 Å². The fourth-order valence-electron chi connectivity index (χ4n) is 1.78. The molecule has 186 valence electrons. The van der Waals surface area contributed by atoms with Crippen LogP contribution in [0.4, 0.5) is 0 Å². The molecule has 0 radical (unpaired) electrons. The van der Waals surface area contributed by atoms with Crippen LogP contribution < -0.4 is 0 Å². The lowest BCUT2D eigenvalue weighted by atomic mass is 10.1. The summed E-state index contributed by atoms with van der Waals surface area (Å²) in [6.07, 6.45) is 5.01. The first kappa shape index (κ1) is 35.1. The van der Waals surface area contributed by atoms with E-state index in [2.05, 4.69) is 4.74 Å². The van der Waals surface area contributed by atoms with Gasteiger partial charge in [0.15, 0.2) is 17.7 Å². The Morgan fingerprint density at radius 1 is 0.839 bits per heavy atom. The lowest BCUT2D eigenvalue weighted by Crippen LogP contribution is -2.22. The van der Waals surface area contributed by atoms with Gasteiger partial charge in [-0.2, -0.15) is 23.5 Å². The number of carbonyl (C=O) groups excluding carboxylic acids is 3. The molecular weight excluding hydrogens is 464 g/mol. The first-order valence-electron chi connectivity index (χ1n) is 9.97. The van der Waals surface area contributed by atoms with E-state index in [1.54, 1.807) is 43.6 Å². The Morgan fingerprint density at radius 2 is 1.23 bits per heavy atom. The Balaban J connectivity index is -0.000000380. The maximum absolute atomic E-state index is 10.8. The van der Waals surface area contributed by atoms with Crippen molar-refractivity contribution in [2.24, 2.45) is 0 Å². The average molecular weight is 505 g/mol. The highest BCUT2D eigenvalue weighted by Crippen LogP contribution is 2.03. The zero-order valence-electron chi connectivity index (χ0n) is 19.5. The van der Waals surface area contributed by atoms with E-state index in [-0.39, 0.29) is 11.6 Å². The van der Waals surface area contributed by atoms with Gasteiger partial charge in [0.2, 0.25) is 0 Å². The summed E-state index contributed by atoms with van der Waals surface area (Å²) in [4.78, 5) is 32.1. The molecule has 0 saturated heterocycles. The summed E-state index contributed by atoms with van der Waals surface area (Å²) in [5.41, 5.74) is 0. The summed E-state index contributed by atoms with van der Waals surface area (Å²) >= 11 is 3.24. The Kier molecular flexibility index (Phi) is 27.4. The van der Waals surface area contributed by atoms with Gasteiger partial charge in [0.25, 0.3) is 0 Å². The highest BCUT2D eigenvalue weighted by Gasteiger charge is 2.14. The molecule has 8 nitrogen and oxygen atoms in total. The van der Waals surface area contributed by atoms with Crippen LogP contribution in [0, 0.1) is 0 Å². The third-order valence-corrected chi connectivity index (χ3v) is 5.88. The molecule has 0 aliphatic rings. The normalized spacial score (nSPS) is 14.0. The molecule has 3 N–H and O–H groups in total. The number of ether oxygens (including phenoxy) is 1. The van der Waals surface area contributed by atoms with Crippen molar-refractivity contribution in [3.05, 3.63) is 0 Å². The third-order valence-electron chi connectivity index (χ3n) is 3.78. The average Bonchev–Trinajstić information content (AvgIpc) is 2.78. The van der Waals surface area contributed by atoms with Crippen LogP contribution in [0.25, 0.3) is 0 Å². The number of Topliss-reactive ketones (excluding diaryl/α,β-unsaturated/α-hetero) is 2. The summed E-state index contributed by atoms with van der Waals surface area (Å²) in [7, 11) is 0.352. The molecule has 4 unspecified atom stereocenters. The Labute approximate surface area is 197 Å². The number of aliphatic hydroxyl groups is 3. The van der Waals surface area contributed by atoms with Crippen molar-refractivity contribution in [1.82, 2.24) is 0 Å². The van der Waals surface area contributed by atoms with Gasteiger partial charge in [0, 0.05) is 35.6 Å². The number of aliphatic hydroxyl groups excluding tert-OH is 3. The fraction of sp³-hybridized carbons (Fsp3) is 0.850. The molecule has 0 fully saturated rings. The molecule has 0 amide bonds. The largest absolute Gasteiger partial charge is 0.467 e. The van der Waals surface area contributed by atoms with Crippen molar-refractivity contribution in [3.8, 4) is 0 Å². The van der Waals surface area contributed by atoms with Gasteiger partial charge in [-0.1, -0.05) is 13.8 Å². The Hall–Kier alpha value is -0.460. The molecule has 0 aliphatic heterocycles. The van der Waals surface area contributed by atoms with Gasteiger partial charge in [-0.3, -0.25) is 13.8 Å². The van der Waals surface area contributed by atoms with E-state index >= 15 is 0 Å².